The Labute approximate surface area is 161 Å². The summed E-state index contributed by atoms with van der Waals surface area (Å²) in [5, 5.41) is 3.81. The minimum absolute atomic E-state index is 0.254. The zero-order valence-electron chi connectivity index (χ0n) is 15.9. The number of rotatable bonds is 4. The number of fused-ring (bicyclic) bond motifs is 3. The molecule has 1 saturated heterocycles. The zero-order valence-corrected chi connectivity index (χ0v) is 15.9. The van der Waals surface area contributed by atoms with Crippen LogP contribution in [0.15, 0.2) is 54.6 Å². The van der Waals surface area contributed by atoms with Crippen LogP contribution in [-0.4, -0.2) is 19.3 Å². The van der Waals surface area contributed by atoms with E-state index in [1.165, 1.54) is 22.4 Å². The topological polar surface area (TPSA) is 30.5 Å². The van der Waals surface area contributed by atoms with E-state index in [0.29, 0.717) is 24.5 Å². The molecule has 0 amide bonds. The van der Waals surface area contributed by atoms with Gasteiger partial charge in [0.2, 0.25) is 0 Å². The Balaban J connectivity index is 1.39. The predicted octanol–water partition coefficient (Wildman–Crippen LogP) is 5.38. The second kappa shape index (κ2) is 7.05. The highest BCUT2D eigenvalue weighted by atomic mass is 16.5. The highest BCUT2D eigenvalue weighted by Crippen LogP contribution is 2.50. The summed E-state index contributed by atoms with van der Waals surface area (Å²) in [5.41, 5.74) is 5.28. The first-order valence-electron chi connectivity index (χ1n) is 10.2. The molecule has 5 rings (SSSR count). The molecule has 3 nitrogen and oxygen atoms in total. The number of benzene rings is 2. The Kier molecular flexibility index (Phi) is 4.41. The van der Waals surface area contributed by atoms with Crippen molar-refractivity contribution >= 4 is 5.69 Å². The number of anilines is 1. The lowest BCUT2D eigenvalue weighted by Crippen LogP contribution is -2.29. The van der Waals surface area contributed by atoms with Crippen LogP contribution >= 0.6 is 0 Å². The van der Waals surface area contributed by atoms with Crippen molar-refractivity contribution in [2.45, 2.75) is 44.2 Å². The van der Waals surface area contributed by atoms with Crippen molar-refractivity contribution in [2.75, 3.05) is 18.5 Å². The Morgan fingerprint density at radius 1 is 1.15 bits per heavy atom. The first kappa shape index (κ1) is 16.9. The fraction of sp³-hybridized carbons (Fsp3) is 0.417. The van der Waals surface area contributed by atoms with Crippen molar-refractivity contribution in [1.29, 1.82) is 0 Å². The van der Waals surface area contributed by atoms with Gasteiger partial charge < -0.3 is 14.8 Å². The summed E-state index contributed by atoms with van der Waals surface area (Å²) >= 11 is 0. The van der Waals surface area contributed by atoms with Gasteiger partial charge in [-0.2, -0.15) is 0 Å². The summed E-state index contributed by atoms with van der Waals surface area (Å²) in [7, 11) is 0. The molecule has 0 spiro atoms. The largest absolute Gasteiger partial charge is 0.491 e. The highest BCUT2D eigenvalue weighted by Gasteiger charge is 2.38. The van der Waals surface area contributed by atoms with Crippen molar-refractivity contribution in [1.82, 2.24) is 0 Å². The van der Waals surface area contributed by atoms with E-state index in [1.807, 2.05) is 0 Å². The molecule has 140 valence electrons. The standard InChI is InChI=1S/C24H27NO2/c1-16-7-9-17(10-8-16)24-21-6-2-5-20(21)22-14-18(11-12-23(22)25-24)27-15-19-4-3-13-26-19/h2,5,7-12,14,19-21,24-25H,3-4,6,13,15H2,1H3. The third kappa shape index (κ3) is 3.25. The third-order valence-corrected chi connectivity index (χ3v) is 6.23. The van der Waals surface area contributed by atoms with E-state index in [1.54, 1.807) is 0 Å². The van der Waals surface area contributed by atoms with Crippen LogP contribution in [0.3, 0.4) is 0 Å². The zero-order chi connectivity index (χ0) is 18.2. The van der Waals surface area contributed by atoms with E-state index < -0.39 is 0 Å². The SMILES string of the molecule is Cc1ccc(C2Nc3ccc(OCC4CCCO4)cc3C3C=CCC32)cc1. The predicted molar refractivity (Wildman–Crippen MR) is 108 cm³/mol. The van der Waals surface area contributed by atoms with E-state index in [0.717, 1.165) is 31.6 Å². The summed E-state index contributed by atoms with van der Waals surface area (Å²) in [6, 6.07) is 15.8. The van der Waals surface area contributed by atoms with Gasteiger partial charge in [0.1, 0.15) is 12.4 Å². The molecule has 2 aromatic rings. The molecule has 0 radical (unpaired) electrons. The number of nitrogens with one attached hydrogen (secondary N) is 1. The second-order valence-corrected chi connectivity index (χ2v) is 8.08. The van der Waals surface area contributed by atoms with Crippen molar-refractivity contribution in [3.8, 4) is 5.75 Å². The molecule has 1 N–H and O–H groups in total. The van der Waals surface area contributed by atoms with E-state index >= 15 is 0 Å². The molecule has 2 aromatic carbocycles. The van der Waals surface area contributed by atoms with Crippen LogP contribution in [0, 0.1) is 12.8 Å². The van der Waals surface area contributed by atoms with Crippen molar-refractivity contribution in [3.63, 3.8) is 0 Å². The molecule has 3 heteroatoms. The summed E-state index contributed by atoms with van der Waals surface area (Å²) in [6.45, 7) is 3.67. The maximum absolute atomic E-state index is 6.05. The number of aryl methyl sites for hydroxylation is 1. The van der Waals surface area contributed by atoms with Crippen LogP contribution in [0.2, 0.25) is 0 Å². The quantitative estimate of drug-likeness (QED) is 0.742. The first-order chi connectivity index (χ1) is 13.3. The van der Waals surface area contributed by atoms with E-state index in [2.05, 4.69) is 66.9 Å². The minimum atomic E-state index is 0.254. The Morgan fingerprint density at radius 2 is 2.04 bits per heavy atom. The normalized spacial score (nSPS) is 28.5. The van der Waals surface area contributed by atoms with E-state index in [9.17, 15) is 0 Å². The molecule has 0 aromatic heterocycles. The van der Waals surface area contributed by atoms with Crippen molar-refractivity contribution in [3.05, 3.63) is 71.3 Å². The van der Waals surface area contributed by atoms with Gasteiger partial charge >= 0.3 is 0 Å². The van der Waals surface area contributed by atoms with Crippen LogP contribution in [0.4, 0.5) is 5.69 Å². The summed E-state index contributed by atoms with van der Waals surface area (Å²) < 4.78 is 11.7. The highest BCUT2D eigenvalue weighted by molar-refractivity contribution is 5.61. The van der Waals surface area contributed by atoms with Gasteiger partial charge in [0.15, 0.2) is 0 Å². The lowest BCUT2D eigenvalue weighted by molar-refractivity contribution is 0.0679. The smallest absolute Gasteiger partial charge is 0.119 e. The fourth-order valence-electron chi connectivity index (χ4n) is 4.73. The van der Waals surface area contributed by atoms with Gasteiger partial charge in [0.05, 0.1) is 12.1 Å². The molecule has 4 unspecified atom stereocenters. The Hall–Kier alpha value is -2.26. The number of allylic oxidation sites excluding steroid dienone is 2. The maximum atomic E-state index is 6.05. The molecule has 3 aliphatic rings. The molecule has 0 bridgehead atoms. The van der Waals surface area contributed by atoms with E-state index in [-0.39, 0.29) is 6.10 Å². The average Bonchev–Trinajstić information content (AvgIpc) is 3.38. The molecular formula is C24H27NO2. The summed E-state index contributed by atoms with van der Waals surface area (Å²) in [6.07, 6.45) is 8.36. The average molecular weight is 361 g/mol. The van der Waals surface area contributed by atoms with Crippen LogP contribution in [-0.2, 0) is 4.74 Å². The Bertz CT molecular complexity index is 836. The molecule has 2 heterocycles. The maximum Gasteiger partial charge on any atom is 0.119 e. The van der Waals surface area contributed by atoms with E-state index in [4.69, 9.17) is 9.47 Å². The lowest BCUT2D eigenvalue weighted by Gasteiger charge is -2.37. The van der Waals surface area contributed by atoms with Crippen LogP contribution in [0.5, 0.6) is 5.75 Å². The molecule has 4 atom stereocenters. The number of ether oxygens (including phenoxy) is 2. The van der Waals surface area contributed by atoms with Crippen LogP contribution < -0.4 is 10.1 Å². The lowest BCUT2D eigenvalue weighted by atomic mass is 9.77. The molecule has 2 aliphatic heterocycles. The molecule has 1 aliphatic carbocycles. The van der Waals surface area contributed by atoms with Gasteiger partial charge in [-0.1, -0.05) is 42.0 Å². The van der Waals surface area contributed by atoms with Crippen molar-refractivity contribution in [2.24, 2.45) is 5.92 Å². The van der Waals surface area contributed by atoms with Crippen molar-refractivity contribution < 1.29 is 9.47 Å². The third-order valence-electron chi connectivity index (χ3n) is 6.23. The summed E-state index contributed by atoms with van der Waals surface area (Å²) in [4.78, 5) is 0. The Morgan fingerprint density at radius 3 is 2.85 bits per heavy atom. The van der Waals surface area contributed by atoms with Gasteiger partial charge in [0.25, 0.3) is 0 Å². The van der Waals surface area contributed by atoms with Crippen LogP contribution in [0.25, 0.3) is 0 Å². The fourth-order valence-corrected chi connectivity index (χ4v) is 4.73. The molecule has 0 saturated carbocycles. The monoisotopic (exact) mass is 361 g/mol. The number of hydrogen-bond donors (Lipinski definition) is 1. The molecule has 27 heavy (non-hydrogen) atoms. The molecule has 1 fully saturated rings. The van der Waals surface area contributed by atoms with Gasteiger partial charge in [-0.25, -0.2) is 0 Å². The van der Waals surface area contributed by atoms with Gasteiger partial charge in [-0.3, -0.25) is 0 Å². The minimum Gasteiger partial charge on any atom is -0.491 e. The van der Waals surface area contributed by atoms with Gasteiger partial charge in [-0.05, 0) is 61.4 Å². The summed E-state index contributed by atoms with van der Waals surface area (Å²) in [5.74, 6) is 1.98. The molecular weight excluding hydrogens is 334 g/mol. The second-order valence-electron chi connectivity index (χ2n) is 8.08. The van der Waals surface area contributed by atoms with Gasteiger partial charge in [0, 0.05) is 18.2 Å². The van der Waals surface area contributed by atoms with Gasteiger partial charge in [-0.15, -0.1) is 0 Å². The van der Waals surface area contributed by atoms with Crippen LogP contribution in [0.1, 0.15) is 47.9 Å². The number of hydrogen-bond acceptors (Lipinski definition) is 3. The first-order valence-corrected chi connectivity index (χ1v) is 10.2.